The molecule has 1 saturated heterocycles. The summed E-state index contributed by atoms with van der Waals surface area (Å²) in [6.45, 7) is 3.32. The standard InChI is InChI=1S/C21H24N8O/c30-19(13-28-15-25-17-6-2-3-7-18(17)28)22-8-11-29-21-16(12-26-29)20(23-14-24-21)27-9-4-1-5-10-27/h2-3,6-7,12,14-15H,1,4-5,8-11,13H2,(H,22,30). The second-order valence-electron chi connectivity index (χ2n) is 7.56. The van der Waals surface area contributed by atoms with E-state index in [1.165, 1.54) is 19.3 Å². The molecule has 0 spiro atoms. The van der Waals surface area contributed by atoms with Crippen LogP contribution in [0.2, 0.25) is 0 Å². The van der Waals surface area contributed by atoms with Gasteiger partial charge in [0, 0.05) is 19.6 Å². The molecule has 154 valence electrons. The third-order valence-corrected chi connectivity index (χ3v) is 5.56. The summed E-state index contributed by atoms with van der Waals surface area (Å²) in [7, 11) is 0. The van der Waals surface area contributed by atoms with E-state index in [-0.39, 0.29) is 12.5 Å². The van der Waals surface area contributed by atoms with Gasteiger partial charge >= 0.3 is 0 Å². The number of nitrogens with one attached hydrogen (secondary N) is 1. The van der Waals surface area contributed by atoms with Crippen LogP contribution in [0, 0.1) is 0 Å². The van der Waals surface area contributed by atoms with Gasteiger partial charge in [-0.1, -0.05) is 12.1 Å². The summed E-state index contributed by atoms with van der Waals surface area (Å²) in [6.07, 6.45) is 8.80. The molecule has 4 aromatic rings. The van der Waals surface area contributed by atoms with Crippen LogP contribution in [0.5, 0.6) is 0 Å². The van der Waals surface area contributed by atoms with E-state index in [1.54, 1.807) is 12.7 Å². The highest BCUT2D eigenvalue weighted by Crippen LogP contribution is 2.25. The maximum Gasteiger partial charge on any atom is 0.240 e. The molecule has 5 rings (SSSR count). The van der Waals surface area contributed by atoms with Crippen molar-refractivity contribution in [3.05, 3.63) is 43.1 Å². The third kappa shape index (κ3) is 3.58. The lowest BCUT2D eigenvalue weighted by atomic mass is 10.1. The Morgan fingerprint density at radius 1 is 1.07 bits per heavy atom. The van der Waals surface area contributed by atoms with Crippen LogP contribution in [-0.4, -0.2) is 54.8 Å². The molecule has 1 amide bonds. The first-order valence-corrected chi connectivity index (χ1v) is 10.4. The number of fused-ring (bicyclic) bond motifs is 2. The Morgan fingerprint density at radius 2 is 1.93 bits per heavy atom. The molecular formula is C21H24N8O. The molecule has 0 atom stereocenters. The molecule has 0 saturated carbocycles. The number of amides is 1. The summed E-state index contributed by atoms with van der Waals surface area (Å²) in [4.78, 5) is 28.0. The lowest BCUT2D eigenvalue weighted by Gasteiger charge is -2.27. The average molecular weight is 404 g/mol. The minimum atomic E-state index is -0.0572. The number of hydrogen-bond donors (Lipinski definition) is 1. The van der Waals surface area contributed by atoms with Crippen molar-refractivity contribution >= 4 is 33.8 Å². The number of piperidine rings is 1. The fraction of sp³-hybridized carbons (Fsp3) is 0.381. The number of anilines is 1. The molecule has 30 heavy (non-hydrogen) atoms. The van der Waals surface area contributed by atoms with Crippen molar-refractivity contribution in [3.63, 3.8) is 0 Å². The smallest absolute Gasteiger partial charge is 0.240 e. The summed E-state index contributed by atoms with van der Waals surface area (Å²) in [5.74, 6) is 0.903. The van der Waals surface area contributed by atoms with Crippen molar-refractivity contribution in [1.29, 1.82) is 0 Å². The van der Waals surface area contributed by atoms with Crippen molar-refractivity contribution in [1.82, 2.24) is 34.6 Å². The Bertz CT molecular complexity index is 1170. The van der Waals surface area contributed by atoms with E-state index in [0.717, 1.165) is 41.0 Å². The fourth-order valence-electron chi connectivity index (χ4n) is 4.05. The number of para-hydroxylation sites is 2. The zero-order valence-electron chi connectivity index (χ0n) is 16.7. The van der Waals surface area contributed by atoms with Gasteiger partial charge in [-0.15, -0.1) is 0 Å². The van der Waals surface area contributed by atoms with Crippen LogP contribution in [-0.2, 0) is 17.9 Å². The molecule has 3 aromatic heterocycles. The Kier molecular flexibility index (Phi) is 5.00. The van der Waals surface area contributed by atoms with E-state index in [9.17, 15) is 4.79 Å². The number of aromatic nitrogens is 6. The maximum absolute atomic E-state index is 12.4. The molecule has 0 bridgehead atoms. The molecule has 0 radical (unpaired) electrons. The highest BCUT2D eigenvalue weighted by molar-refractivity contribution is 5.86. The zero-order valence-corrected chi connectivity index (χ0v) is 16.7. The Hall–Kier alpha value is -3.49. The molecule has 9 heteroatoms. The second kappa shape index (κ2) is 8.10. The number of nitrogens with zero attached hydrogens (tertiary/aromatic N) is 7. The number of carbonyl (C=O) groups is 1. The Morgan fingerprint density at radius 3 is 2.83 bits per heavy atom. The van der Waals surface area contributed by atoms with E-state index in [4.69, 9.17) is 0 Å². The van der Waals surface area contributed by atoms with Crippen LogP contribution < -0.4 is 10.2 Å². The summed E-state index contributed by atoms with van der Waals surface area (Å²) in [6, 6.07) is 7.79. The summed E-state index contributed by atoms with van der Waals surface area (Å²) in [5.41, 5.74) is 2.64. The van der Waals surface area contributed by atoms with Gasteiger partial charge in [-0.3, -0.25) is 4.79 Å². The highest BCUT2D eigenvalue weighted by Gasteiger charge is 2.17. The largest absolute Gasteiger partial charge is 0.356 e. The van der Waals surface area contributed by atoms with Crippen LogP contribution in [0.15, 0.2) is 43.1 Å². The van der Waals surface area contributed by atoms with Gasteiger partial charge in [0.05, 0.1) is 35.5 Å². The molecule has 0 unspecified atom stereocenters. The van der Waals surface area contributed by atoms with Crippen molar-refractivity contribution in [2.45, 2.75) is 32.4 Å². The highest BCUT2D eigenvalue weighted by atomic mass is 16.1. The number of hydrogen-bond acceptors (Lipinski definition) is 6. The normalized spacial score (nSPS) is 14.5. The molecular weight excluding hydrogens is 380 g/mol. The molecule has 1 aliphatic rings. The maximum atomic E-state index is 12.4. The SMILES string of the molecule is O=C(Cn1cnc2ccccc21)NCCn1ncc2c(N3CCCCC3)ncnc21. The quantitative estimate of drug-likeness (QED) is 0.528. The van der Waals surface area contributed by atoms with Crippen molar-refractivity contribution < 1.29 is 4.79 Å². The Labute approximate surface area is 173 Å². The van der Waals surface area contributed by atoms with E-state index in [1.807, 2.05) is 39.7 Å². The van der Waals surface area contributed by atoms with E-state index in [2.05, 4.69) is 30.3 Å². The summed E-state index contributed by atoms with van der Waals surface area (Å²) < 4.78 is 3.68. The average Bonchev–Trinajstić information content (AvgIpc) is 3.39. The van der Waals surface area contributed by atoms with Crippen molar-refractivity contribution in [2.24, 2.45) is 0 Å². The van der Waals surface area contributed by atoms with Crippen LogP contribution in [0.4, 0.5) is 5.82 Å². The Balaban J connectivity index is 1.23. The monoisotopic (exact) mass is 404 g/mol. The van der Waals surface area contributed by atoms with Crippen LogP contribution in [0.1, 0.15) is 19.3 Å². The minimum absolute atomic E-state index is 0.0572. The molecule has 1 N–H and O–H groups in total. The summed E-state index contributed by atoms with van der Waals surface area (Å²) >= 11 is 0. The van der Waals surface area contributed by atoms with Crippen LogP contribution in [0.25, 0.3) is 22.1 Å². The van der Waals surface area contributed by atoms with Gasteiger partial charge in [-0.05, 0) is 31.4 Å². The van der Waals surface area contributed by atoms with Gasteiger partial charge in [0.25, 0.3) is 0 Å². The van der Waals surface area contributed by atoms with Gasteiger partial charge in [0.1, 0.15) is 18.7 Å². The predicted molar refractivity (Wildman–Crippen MR) is 114 cm³/mol. The first-order chi connectivity index (χ1) is 14.8. The van der Waals surface area contributed by atoms with Crippen LogP contribution in [0.3, 0.4) is 0 Å². The van der Waals surface area contributed by atoms with Crippen LogP contribution >= 0.6 is 0 Å². The van der Waals surface area contributed by atoms with Gasteiger partial charge in [0.2, 0.25) is 5.91 Å². The molecule has 1 aliphatic heterocycles. The van der Waals surface area contributed by atoms with E-state index in [0.29, 0.717) is 13.1 Å². The number of imidazole rings is 1. The molecule has 1 aromatic carbocycles. The minimum Gasteiger partial charge on any atom is -0.356 e. The predicted octanol–water partition coefficient (Wildman–Crippen LogP) is 1.98. The van der Waals surface area contributed by atoms with E-state index >= 15 is 0 Å². The van der Waals surface area contributed by atoms with Crippen molar-refractivity contribution in [3.8, 4) is 0 Å². The number of carbonyl (C=O) groups excluding carboxylic acids is 1. The first kappa shape index (κ1) is 18.5. The number of benzene rings is 1. The van der Waals surface area contributed by atoms with E-state index < -0.39 is 0 Å². The van der Waals surface area contributed by atoms with Gasteiger partial charge < -0.3 is 14.8 Å². The van der Waals surface area contributed by atoms with Gasteiger partial charge in [0.15, 0.2) is 5.65 Å². The van der Waals surface area contributed by atoms with Gasteiger partial charge in [-0.25, -0.2) is 19.6 Å². The topological polar surface area (TPSA) is 93.8 Å². The molecule has 0 aliphatic carbocycles. The molecule has 4 heterocycles. The molecule has 9 nitrogen and oxygen atoms in total. The van der Waals surface area contributed by atoms with Crippen molar-refractivity contribution in [2.75, 3.05) is 24.5 Å². The molecule has 1 fully saturated rings. The number of rotatable bonds is 6. The summed E-state index contributed by atoms with van der Waals surface area (Å²) in [5, 5.41) is 8.42. The lowest BCUT2D eigenvalue weighted by Crippen LogP contribution is -2.31. The van der Waals surface area contributed by atoms with Gasteiger partial charge in [-0.2, -0.15) is 5.10 Å². The zero-order chi connectivity index (χ0) is 20.3. The first-order valence-electron chi connectivity index (χ1n) is 10.4. The fourth-order valence-corrected chi connectivity index (χ4v) is 4.05. The third-order valence-electron chi connectivity index (χ3n) is 5.56. The second-order valence-corrected chi connectivity index (χ2v) is 7.56. The lowest BCUT2D eigenvalue weighted by molar-refractivity contribution is -0.121.